The molecule has 9 aromatic rings. The number of nitrogens with zero attached hydrogens (tertiary/aromatic N) is 1. The minimum Gasteiger partial charge on any atom is -0.310 e. The summed E-state index contributed by atoms with van der Waals surface area (Å²) in [4.78, 5) is 2.39. The Bertz CT molecular complexity index is 2590. The summed E-state index contributed by atoms with van der Waals surface area (Å²) < 4.78 is 0. The molecule has 0 aromatic heterocycles. The van der Waals surface area contributed by atoms with E-state index in [2.05, 4.69) is 217 Å². The van der Waals surface area contributed by atoms with Crippen molar-refractivity contribution in [1.29, 1.82) is 0 Å². The molecule has 1 heteroatoms. The Kier molecular flexibility index (Phi) is 7.92. The van der Waals surface area contributed by atoms with E-state index >= 15 is 0 Å². The SMILES string of the molecule is c1ccc(-c2ccc(N(c3ccc(-c4c(-c5ccccc5)c5ccccc5c5ccccc45)cc3)c3ccccc3-c3ccccc3)cc2)cc1. The predicted octanol–water partition coefficient (Wildman–Crippen LogP) is 14.1. The normalized spacial score (nSPS) is 11.1. The Balaban J connectivity index is 1.23. The molecule has 0 bridgehead atoms. The van der Waals surface area contributed by atoms with Crippen molar-refractivity contribution < 1.29 is 0 Å². The number of hydrogen-bond acceptors (Lipinski definition) is 1. The van der Waals surface area contributed by atoms with Crippen molar-refractivity contribution in [3.63, 3.8) is 0 Å². The quantitative estimate of drug-likeness (QED) is 0.155. The molecule has 0 amide bonds. The molecule has 0 heterocycles. The van der Waals surface area contributed by atoms with Crippen LogP contribution < -0.4 is 4.90 Å². The van der Waals surface area contributed by atoms with Crippen molar-refractivity contribution in [3.8, 4) is 44.5 Å². The number of anilines is 3. The molecular formula is C50H35N. The van der Waals surface area contributed by atoms with Gasteiger partial charge in [-0.25, -0.2) is 0 Å². The fourth-order valence-electron chi connectivity index (χ4n) is 7.51. The second kappa shape index (κ2) is 13.3. The third-order valence-corrected chi connectivity index (χ3v) is 9.87. The highest BCUT2D eigenvalue weighted by Gasteiger charge is 2.20. The van der Waals surface area contributed by atoms with E-state index in [-0.39, 0.29) is 0 Å². The van der Waals surface area contributed by atoms with Crippen LogP contribution in [0.15, 0.2) is 212 Å². The van der Waals surface area contributed by atoms with Crippen LogP contribution in [0.3, 0.4) is 0 Å². The molecule has 0 saturated carbocycles. The third-order valence-electron chi connectivity index (χ3n) is 9.87. The fourth-order valence-corrected chi connectivity index (χ4v) is 7.51. The minimum atomic E-state index is 1.10. The molecule has 51 heavy (non-hydrogen) atoms. The molecule has 0 saturated heterocycles. The largest absolute Gasteiger partial charge is 0.310 e. The lowest BCUT2D eigenvalue weighted by Crippen LogP contribution is -2.11. The molecule has 1 nitrogen and oxygen atoms in total. The highest BCUT2D eigenvalue weighted by atomic mass is 15.1. The number of hydrogen-bond donors (Lipinski definition) is 0. The molecule has 0 aliphatic rings. The van der Waals surface area contributed by atoms with Gasteiger partial charge in [0, 0.05) is 16.9 Å². The maximum absolute atomic E-state index is 2.39. The first-order valence-electron chi connectivity index (χ1n) is 17.5. The van der Waals surface area contributed by atoms with Crippen molar-refractivity contribution in [1.82, 2.24) is 0 Å². The molecule has 0 unspecified atom stereocenters. The van der Waals surface area contributed by atoms with E-state index in [0.717, 1.165) is 17.1 Å². The zero-order chi connectivity index (χ0) is 34.0. The monoisotopic (exact) mass is 649 g/mol. The van der Waals surface area contributed by atoms with E-state index in [0.29, 0.717) is 0 Å². The zero-order valence-electron chi connectivity index (χ0n) is 28.2. The predicted molar refractivity (Wildman–Crippen MR) is 218 cm³/mol. The number of benzene rings is 9. The van der Waals surface area contributed by atoms with Gasteiger partial charge in [0.15, 0.2) is 0 Å². The molecule has 0 aliphatic heterocycles. The lowest BCUT2D eigenvalue weighted by molar-refractivity contribution is 1.28. The summed E-state index contributed by atoms with van der Waals surface area (Å²) >= 11 is 0. The Morgan fingerprint density at radius 3 is 1.12 bits per heavy atom. The molecule has 0 spiro atoms. The average molecular weight is 650 g/mol. The summed E-state index contributed by atoms with van der Waals surface area (Å²) in [6.07, 6.45) is 0. The first kappa shape index (κ1) is 30.4. The van der Waals surface area contributed by atoms with Crippen LogP contribution in [-0.2, 0) is 0 Å². The first-order chi connectivity index (χ1) is 25.3. The Hall–Kier alpha value is -6.70. The number of fused-ring (bicyclic) bond motifs is 3. The zero-order valence-corrected chi connectivity index (χ0v) is 28.2. The first-order valence-corrected chi connectivity index (χ1v) is 17.5. The summed E-state index contributed by atoms with van der Waals surface area (Å²) in [6.45, 7) is 0. The summed E-state index contributed by atoms with van der Waals surface area (Å²) in [5, 5.41) is 5.06. The van der Waals surface area contributed by atoms with Crippen LogP contribution in [0, 0.1) is 0 Å². The van der Waals surface area contributed by atoms with Crippen LogP contribution in [0.25, 0.3) is 66.1 Å². The highest BCUT2D eigenvalue weighted by molar-refractivity contribution is 6.21. The topological polar surface area (TPSA) is 3.24 Å². The number of rotatable bonds is 7. The lowest BCUT2D eigenvalue weighted by atomic mass is 9.85. The van der Waals surface area contributed by atoms with Gasteiger partial charge in [0.05, 0.1) is 5.69 Å². The van der Waals surface area contributed by atoms with Gasteiger partial charge in [0.2, 0.25) is 0 Å². The lowest BCUT2D eigenvalue weighted by Gasteiger charge is -2.28. The van der Waals surface area contributed by atoms with Crippen LogP contribution >= 0.6 is 0 Å². The summed E-state index contributed by atoms with van der Waals surface area (Å²) in [6, 6.07) is 76.5. The molecular weight excluding hydrogens is 615 g/mol. The van der Waals surface area contributed by atoms with Gasteiger partial charge in [0.25, 0.3) is 0 Å². The maximum atomic E-state index is 2.39. The van der Waals surface area contributed by atoms with Crippen LogP contribution in [0.5, 0.6) is 0 Å². The van der Waals surface area contributed by atoms with Gasteiger partial charge < -0.3 is 4.90 Å². The number of para-hydroxylation sites is 1. The van der Waals surface area contributed by atoms with Crippen molar-refractivity contribution >= 4 is 38.6 Å². The van der Waals surface area contributed by atoms with E-state index in [9.17, 15) is 0 Å². The van der Waals surface area contributed by atoms with Gasteiger partial charge in [0.1, 0.15) is 0 Å². The second-order valence-corrected chi connectivity index (χ2v) is 12.9. The Morgan fingerprint density at radius 2 is 0.588 bits per heavy atom. The van der Waals surface area contributed by atoms with E-state index < -0.39 is 0 Å². The summed E-state index contributed by atoms with van der Waals surface area (Å²) in [5.74, 6) is 0. The summed E-state index contributed by atoms with van der Waals surface area (Å²) in [5.41, 5.74) is 13.0. The van der Waals surface area contributed by atoms with Gasteiger partial charge >= 0.3 is 0 Å². The standard InChI is InChI=1S/C50H35N/c1-4-16-36(17-5-1)37-28-32-41(33-29-37)51(48-27-15-14-22-43(48)38-18-6-2-7-19-38)42-34-30-40(31-35-42)50-47-26-13-11-24-45(47)44-23-10-12-25-46(44)49(50)39-20-8-3-9-21-39/h1-35H. The van der Waals surface area contributed by atoms with Crippen LogP contribution in [-0.4, -0.2) is 0 Å². The average Bonchev–Trinajstić information content (AvgIpc) is 3.22. The highest BCUT2D eigenvalue weighted by Crippen LogP contribution is 2.46. The summed E-state index contributed by atoms with van der Waals surface area (Å²) in [7, 11) is 0. The van der Waals surface area contributed by atoms with Crippen LogP contribution in [0.2, 0.25) is 0 Å². The van der Waals surface area contributed by atoms with Crippen LogP contribution in [0.4, 0.5) is 17.1 Å². The van der Waals surface area contributed by atoms with Crippen LogP contribution in [0.1, 0.15) is 0 Å². The van der Waals surface area contributed by atoms with Gasteiger partial charge in [-0.2, -0.15) is 0 Å². The maximum Gasteiger partial charge on any atom is 0.0540 e. The van der Waals surface area contributed by atoms with Gasteiger partial charge in [-0.3, -0.25) is 0 Å². The van der Waals surface area contributed by atoms with Crippen molar-refractivity contribution in [2.75, 3.05) is 4.90 Å². The molecule has 0 radical (unpaired) electrons. The van der Waals surface area contributed by atoms with Gasteiger partial charge in [-0.1, -0.05) is 182 Å². The van der Waals surface area contributed by atoms with Crippen molar-refractivity contribution in [3.05, 3.63) is 212 Å². The molecule has 0 atom stereocenters. The fraction of sp³-hybridized carbons (Fsp3) is 0. The Labute approximate surface area is 299 Å². The molecule has 0 aliphatic carbocycles. The molecule has 240 valence electrons. The van der Waals surface area contributed by atoms with E-state index in [4.69, 9.17) is 0 Å². The van der Waals surface area contributed by atoms with Gasteiger partial charge in [-0.05, 0) is 90.8 Å². The smallest absolute Gasteiger partial charge is 0.0540 e. The molecule has 0 fully saturated rings. The molecule has 0 N–H and O–H groups in total. The van der Waals surface area contributed by atoms with Crippen molar-refractivity contribution in [2.45, 2.75) is 0 Å². The molecule has 9 rings (SSSR count). The molecule has 9 aromatic carbocycles. The van der Waals surface area contributed by atoms with E-state index in [1.54, 1.807) is 0 Å². The minimum absolute atomic E-state index is 1.10. The van der Waals surface area contributed by atoms with Gasteiger partial charge in [-0.15, -0.1) is 0 Å². The van der Waals surface area contributed by atoms with E-state index in [1.807, 2.05) is 0 Å². The third kappa shape index (κ3) is 5.65. The second-order valence-electron chi connectivity index (χ2n) is 12.9. The van der Waals surface area contributed by atoms with Crippen molar-refractivity contribution in [2.24, 2.45) is 0 Å². The Morgan fingerprint density at radius 1 is 0.235 bits per heavy atom. The van der Waals surface area contributed by atoms with E-state index in [1.165, 1.54) is 66.1 Å².